The summed E-state index contributed by atoms with van der Waals surface area (Å²) in [4.78, 5) is 0. The Bertz CT molecular complexity index is 651. The SMILES string of the molecule is c1ccc(-n2ccc(CCNC3CCCC3C3COCCN3)n2)cc1. The van der Waals surface area contributed by atoms with E-state index in [0.717, 1.165) is 44.1 Å². The highest BCUT2D eigenvalue weighted by Crippen LogP contribution is 2.29. The number of morpholine rings is 1. The molecule has 3 atom stereocenters. The molecule has 0 radical (unpaired) electrons. The first-order chi connectivity index (χ1) is 12.4. The van der Waals surface area contributed by atoms with Gasteiger partial charge in [0.2, 0.25) is 0 Å². The fraction of sp³-hybridized carbons (Fsp3) is 0.550. The van der Waals surface area contributed by atoms with Crippen LogP contribution >= 0.6 is 0 Å². The molecule has 1 aromatic heterocycles. The van der Waals surface area contributed by atoms with E-state index >= 15 is 0 Å². The third-order valence-corrected chi connectivity index (χ3v) is 5.49. The molecular weight excluding hydrogens is 312 g/mol. The van der Waals surface area contributed by atoms with Crippen LogP contribution in [0, 0.1) is 5.92 Å². The number of hydrogen-bond acceptors (Lipinski definition) is 4. The number of benzene rings is 1. The maximum absolute atomic E-state index is 5.66. The van der Waals surface area contributed by atoms with Gasteiger partial charge in [0.05, 0.1) is 24.6 Å². The fourth-order valence-corrected chi connectivity index (χ4v) is 4.19. The molecular formula is C20H28N4O. The lowest BCUT2D eigenvalue weighted by molar-refractivity contribution is 0.0526. The molecule has 4 rings (SSSR count). The number of nitrogens with one attached hydrogen (secondary N) is 2. The van der Waals surface area contributed by atoms with E-state index in [-0.39, 0.29) is 0 Å². The Labute approximate surface area is 149 Å². The average Bonchev–Trinajstić information content (AvgIpc) is 3.33. The Morgan fingerprint density at radius 3 is 2.96 bits per heavy atom. The highest BCUT2D eigenvalue weighted by molar-refractivity contribution is 5.30. The maximum Gasteiger partial charge on any atom is 0.0645 e. The molecule has 1 aliphatic heterocycles. The smallest absolute Gasteiger partial charge is 0.0645 e. The van der Waals surface area contributed by atoms with Gasteiger partial charge in [-0.3, -0.25) is 0 Å². The van der Waals surface area contributed by atoms with E-state index < -0.39 is 0 Å². The van der Waals surface area contributed by atoms with Gasteiger partial charge in [-0.15, -0.1) is 0 Å². The van der Waals surface area contributed by atoms with Crippen molar-refractivity contribution in [2.75, 3.05) is 26.3 Å². The van der Waals surface area contributed by atoms with Gasteiger partial charge >= 0.3 is 0 Å². The summed E-state index contributed by atoms with van der Waals surface area (Å²) in [5.41, 5.74) is 2.26. The molecule has 0 spiro atoms. The van der Waals surface area contributed by atoms with Crippen LogP contribution in [0.25, 0.3) is 5.69 Å². The van der Waals surface area contributed by atoms with Crippen molar-refractivity contribution >= 4 is 0 Å². The van der Waals surface area contributed by atoms with Gasteiger partial charge in [-0.05, 0) is 37.0 Å². The van der Waals surface area contributed by atoms with Crippen molar-refractivity contribution in [1.29, 1.82) is 0 Å². The summed E-state index contributed by atoms with van der Waals surface area (Å²) in [5, 5.41) is 12.1. The monoisotopic (exact) mass is 340 g/mol. The van der Waals surface area contributed by atoms with Gasteiger partial charge in [0, 0.05) is 37.8 Å². The van der Waals surface area contributed by atoms with Gasteiger partial charge in [0.15, 0.2) is 0 Å². The Hall–Kier alpha value is -1.69. The fourth-order valence-electron chi connectivity index (χ4n) is 4.19. The van der Waals surface area contributed by atoms with Crippen LogP contribution in [0.1, 0.15) is 25.0 Å². The van der Waals surface area contributed by atoms with Crippen molar-refractivity contribution in [3.05, 3.63) is 48.3 Å². The summed E-state index contributed by atoms with van der Waals surface area (Å²) < 4.78 is 7.61. The maximum atomic E-state index is 5.66. The Morgan fingerprint density at radius 2 is 2.12 bits per heavy atom. The van der Waals surface area contributed by atoms with Crippen LogP contribution in [0.15, 0.2) is 42.6 Å². The van der Waals surface area contributed by atoms with Crippen LogP contribution in [0.2, 0.25) is 0 Å². The summed E-state index contributed by atoms with van der Waals surface area (Å²) >= 11 is 0. The minimum atomic E-state index is 0.519. The summed E-state index contributed by atoms with van der Waals surface area (Å²) in [6.07, 6.45) is 6.93. The molecule has 3 unspecified atom stereocenters. The molecule has 0 bridgehead atoms. The van der Waals surface area contributed by atoms with Crippen LogP contribution in [-0.2, 0) is 11.2 Å². The van der Waals surface area contributed by atoms with E-state index in [9.17, 15) is 0 Å². The minimum Gasteiger partial charge on any atom is -0.379 e. The molecule has 1 saturated heterocycles. The zero-order valence-electron chi connectivity index (χ0n) is 14.7. The molecule has 134 valence electrons. The largest absolute Gasteiger partial charge is 0.379 e. The Balaban J connectivity index is 1.28. The molecule has 0 amide bonds. The average molecular weight is 340 g/mol. The third kappa shape index (κ3) is 4.11. The minimum absolute atomic E-state index is 0.519. The lowest BCUT2D eigenvalue weighted by Crippen LogP contribution is -2.51. The van der Waals surface area contributed by atoms with E-state index in [2.05, 4.69) is 28.8 Å². The highest BCUT2D eigenvalue weighted by atomic mass is 16.5. The summed E-state index contributed by atoms with van der Waals surface area (Å²) in [6.45, 7) is 3.70. The zero-order chi connectivity index (χ0) is 16.9. The van der Waals surface area contributed by atoms with E-state index in [1.165, 1.54) is 19.3 Å². The van der Waals surface area contributed by atoms with Gasteiger partial charge in [0.1, 0.15) is 0 Å². The first kappa shape index (κ1) is 16.8. The summed E-state index contributed by atoms with van der Waals surface area (Å²) in [7, 11) is 0. The molecule has 5 heteroatoms. The summed E-state index contributed by atoms with van der Waals surface area (Å²) in [5.74, 6) is 0.696. The van der Waals surface area contributed by atoms with Crippen LogP contribution < -0.4 is 10.6 Å². The van der Waals surface area contributed by atoms with Crippen molar-refractivity contribution in [2.24, 2.45) is 5.92 Å². The van der Waals surface area contributed by atoms with Crippen molar-refractivity contribution in [2.45, 2.75) is 37.8 Å². The molecule has 5 nitrogen and oxygen atoms in total. The van der Waals surface area contributed by atoms with Crippen LogP contribution in [0.5, 0.6) is 0 Å². The molecule has 2 aliphatic rings. The van der Waals surface area contributed by atoms with Gasteiger partial charge in [0.25, 0.3) is 0 Å². The van der Waals surface area contributed by atoms with Crippen molar-refractivity contribution in [3.8, 4) is 5.69 Å². The second-order valence-corrected chi connectivity index (χ2v) is 7.13. The number of ether oxygens (including phenoxy) is 1. The quantitative estimate of drug-likeness (QED) is 0.846. The summed E-state index contributed by atoms with van der Waals surface area (Å²) in [6, 6.07) is 13.5. The first-order valence-corrected chi connectivity index (χ1v) is 9.54. The van der Waals surface area contributed by atoms with Crippen LogP contribution in [-0.4, -0.2) is 48.2 Å². The molecule has 1 aliphatic carbocycles. The molecule has 2 fully saturated rings. The Kier molecular flexibility index (Phi) is 5.45. The molecule has 2 heterocycles. The topological polar surface area (TPSA) is 51.1 Å². The number of para-hydroxylation sites is 1. The lowest BCUT2D eigenvalue weighted by Gasteiger charge is -2.33. The first-order valence-electron chi connectivity index (χ1n) is 9.54. The van der Waals surface area contributed by atoms with Crippen molar-refractivity contribution in [3.63, 3.8) is 0 Å². The second-order valence-electron chi connectivity index (χ2n) is 7.13. The number of rotatable bonds is 6. The molecule has 1 aromatic carbocycles. The second kappa shape index (κ2) is 8.13. The standard InChI is InChI=1S/C20H28N4O/c1-2-5-17(6-3-1)24-13-10-16(23-24)9-11-21-19-8-4-7-18(19)20-15-25-14-12-22-20/h1-3,5-6,10,13,18-22H,4,7-9,11-12,14-15H2. The molecule has 25 heavy (non-hydrogen) atoms. The number of aromatic nitrogens is 2. The normalized spacial score (nSPS) is 26.8. The van der Waals surface area contributed by atoms with Crippen molar-refractivity contribution < 1.29 is 4.74 Å². The van der Waals surface area contributed by atoms with Crippen LogP contribution in [0.4, 0.5) is 0 Å². The number of hydrogen-bond donors (Lipinski definition) is 2. The zero-order valence-corrected chi connectivity index (χ0v) is 14.7. The predicted molar refractivity (Wildman–Crippen MR) is 99.0 cm³/mol. The van der Waals surface area contributed by atoms with Gasteiger partial charge < -0.3 is 15.4 Å². The highest BCUT2D eigenvalue weighted by Gasteiger charge is 2.34. The lowest BCUT2D eigenvalue weighted by atomic mass is 9.94. The van der Waals surface area contributed by atoms with E-state index in [1.807, 2.05) is 29.1 Å². The third-order valence-electron chi connectivity index (χ3n) is 5.49. The number of nitrogens with zero attached hydrogens (tertiary/aromatic N) is 2. The molecule has 2 aromatic rings. The molecule has 1 saturated carbocycles. The van der Waals surface area contributed by atoms with Gasteiger partial charge in [-0.2, -0.15) is 5.10 Å². The van der Waals surface area contributed by atoms with Gasteiger partial charge in [-0.25, -0.2) is 4.68 Å². The van der Waals surface area contributed by atoms with Crippen molar-refractivity contribution in [1.82, 2.24) is 20.4 Å². The van der Waals surface area contributed by atoms with E-state index in [1.54, 1.807) is 0 Å². The van der Waals surface area contributed by atoms with Crippen LogP contribution in [0.3, 0.4) is 0 Å². The van der Waals surface area contributed by atoms with Gasteiger partial charge in [-0.1, -0.05) is 24.6 Å². The van der Waals surface area contributed by atoms with E-state index in [4.69, 9.17) is 9.84 Å². The van der Waals surface area contributed by atoms with E-state index in [0.29, 0.717) is 18.0 Å². The predicted octanol–water partition coefficient (Wildman–Crippen LogP) is 2.16. The molecule has 2 N–H and O–H groups in total. The Morgan fingerprint density at radius 1 is 1.20 bits per heavy atom.